The molecule has 27 heavy (non-hydrogen) atoms. The van der Waals surface area contributed by atoms with Crippen LogP contribution in [0.1, 0.15) is 22.5 Å². The Bertz CT molecular complexity index is 1080. The molecule has 134 valence electrons. The maximum Gasteiger partial charge on any atom is 0.184 e. The third-order valence-corrected chi connectivity index (χ3v) is 4.25. The van der Waals surface area contributed by atoms with Gasteiger partial charge in [0.05, 0.1) is 5.69 Å². The lowest BCUT2D eigenvalue weighted by Gasteiger charge is -2.06. The van der Waals surface area contributed by atoms with Gasteiger partial charge < -0.3 is 10.5 Å². The van der Waals surface area contributed by atoms with Gasteiger partial charge in [-0.05, 0) is 47.9 Å². The molecule has 5 nitrogen and oxygen atoms in total. The third-order valence-electron chi connectivity index (χ3n) is 4.25. The van der Waals surface area contributed by atoms with Crippen LogP contribution >= 0.6 is 0 Å². The summed E-state index contributed by atoms with van der Waals surface area (Å²) in [6.45, 7) is 2.56. The molecular weight excluding hydrogens is 336 g/mol. The van der Waals surface area contributed by atoms with Crippen LogP contribution in [0.3, 0.4) is 0 Å². The zero-order valence-electron chi connectivity index (χ0n) is 15.0. The molecule has 4 aromatic rings. The highest BCUT2D eigenvalue weighted by Crippen LogP contribution is 2.18. The molecule has 2 N–H and O–H groups in total. The van der Waals surface area contributed by atoms with E-state index in [1.807, 2.05) is 78.2 Å². The predicted octanol–water partition coefficient (Wildman–Crippen LogP) is 4.37. The molecule has 0 radical (unpaired) electrons. The molecule has 0 fully saturated rings. The molecule has 0 atom stereocenters. The maximum absolute atomic E-state index is 6.00. The number of nitrogen functional groups attached to an aromatic ring is 1. The molecule has 0 amide bonds. The number of nitrogens with two attached hydrogens (primary N) is 1. The fraction of sp³-hybridized carbons (Fsp3) is 0.0909. The lowest BCUT2D eigenvalue weighted by Crippen LogP contribution is -1.95. The normalized spacial score (nSPS) is 11.3. The summed E-state index contributed by atoms with van der Waals surface area (Å²) in [7, 11) is 0. The summed E-state index contributed by atoms with van der Waals surface area (Å²) in [5, 5.41) is 8.37. The molecule has 0 unspecified atom stereocenters. The van der Waals surface area contributed by atoms with E-state index in [1.165, 1.54) is 0 Å². The number of hydrogen-bond acceptors (Lipinski definition) is 4. The van der Waals surface area contributed by atoms with Crippen LogP contribution in [-0.2, 0) is 6.61 Å². The highest BCUT2D eigenvalue weighted by Gasteiger charge is 2.06. The average Bonchev–Trinajstić information content (AvgIpc) is 3.09. The fourth-order valence-corrected chi connectivity index (χ4v) is 2.88. The molecular formula is C22H20N4O. The topological polar surface area (TPSA) is 65.4 Å². The van der Waals surface area contributed by atoms with Gasteiger partial charge in [0.25, 0.3) is 0 Å². The molecule has 2 aromatic heterocycles. The first-order valence-electron chi connectivity index (χ1n) is 8.75. The van der Waals surface area contributed by atoms with Gasteiger partial charge in [0, 0.05) is 6.20 Å². The lowest BCUT2D eigenvalue weighted by molar-refractivity contribution is 0.306. The number of hydrogen-bond donors (Lipinski definition) is 1. The molecule has 0 saturated heterocycles. The van der Waals surface area contributed by atoms with E-state index in [0.717, 1.165) is 28.3 Å². The second-order valence-electron chi connectivity index (χ2n) is 6.40. The van der Waals surface area contributed by atoms with Crippen molar-refractivity contribution in [3.8, 4) is 5.75 Å². The van der Waals surface area contributed by atoms with Crippen molar-refractivity contribution >= 4 is 23.5 Å². The van der Waals surface area contributed by atoms with Crippen molar-refractivity contribution < 1.29 is 4.74 Å². The van der Waals surface area contributed by atoms with Crippen LogP contribution in [0.15, 0.2) is 66.9 Å². The minimum atomic E-state index is 0.558. The zero-order valence-corrected chi connectivity index (χ0v) is 15.0. The zero-order chi connectivity index (χ0) is 18.6. The first-order chi connectivity index (χ1) is 13.2. The summed E-state index contributed by atoms with van der Waals surface area (Å²) in [4.78, 5) is 0. The van der Waals surface area contributed by atoms with Gasteiger partial charge in [-0.3, -0.25) is 4.40 Å². The van der Waals surface area contributed by atoms with Gasteiger partial charge in [-0.2, -0.15) is 0 Å². The third kappa shape index (κ3) is 3.82. The molecule has 2 aromatic carbocycles. The number of rotatable bonds is 5. The van der Waals surface area contributed by atoms with Crippen LogP contribution in [0.5, 0.6) is 5.75 Å². The number of aromatic nitrogens is 3. The summed E-state index contributed by atoms with van der Waals surface area (Å²) in [6.07, 6.45) is 5.90. The first kappa shape index (κ1) is 16.8. The van der Waals surface area contributed by atoms with Crippen LogP contribution in [0.2, 0.25) is 0 Å². The number of ether oxygens (including phenoxy) is 1. The number of aryl methyl sites for hydroxylation is 1. The van der Waals surface area contributed by atoms with Crippen molar-refractivity contribution in [2.45, 2.75) is 13.5 Å². The van der Waals surface area contributed by atoms with Crippen molar-refractivity contribution in [1.82, 2.24) is 14.6 Å². The number of pyridine rings is 1. The number of anilines is 1. The summed E-state index contributed by atoms with van der Waals surface area (Å²) >= 11 is 0. The molecule has 0 bridgehead atoms. The molecule has 4 rings (SSSR count). The van der Waals surface area contributed by atoms with Crippen molar-refractivity contribution in [2.24, 2.45) is 0 Å². The predicted molar refractivity (Wildman–Crippen MR) is 108 cm³/mol. The van der Waals surface area contributed by atoms with Gasteiger partial charge in [0.2, 0.25) is 0 Å². The minimum absolute atomic E-state index is 0.558. The van der Waals surface area contributed by atoms with Gasteiger partial charge in [0.15, 0.2) is 11.5 Å². The Balaban J connectivity index is 1.47. The Labute approximate surface area is 157 Å². The summed E-state index contributed by atoms with van der Waals surface area (Å²) < 4.78 is 7.72. The van der Waals surface area contributed by atoms with E-state index < -0.39 is 0 Å². The van der Waals surface area contributed by atoms with Crippen LogP contribution in [0, 0.1) is 6.92 Å². The molecule has 5 heteroatoms. The van der Waals surface area contributed by atoms with Crippen LogP contribution in [0.4, 0.5) is 5.69 Å². The smallest absolute Gasteiger partial charge is 0.184 e. The summed E-state index contributed by atoms with van der Waals surface area (Å²) in [5.41, 5.74) is 10.6. The van der Waals surface area contributed by atoms with Crippen LogP contribution in [-0.4, -0.2) is 14.6 Å². The summed E-state index contributed by atoms with van der Waals surface area (Å²) in [5.74, 6) is 1.58. The van der Waals surface area contributed by atoms with E-state index in [1.54, 1.807) is 0 Å². The standard InChI is InChI=1S/C22H20N4O/c1-16-13-20(23)22-25-24-21(26(22)14-16)12-9-17-7-10-19(11-8-17)27-15-18-5-3-2-4-6-18/h2-14H,15,23H2,1H3/b12-9+. The Morgan fingerprint density at radius 2 is 1.78 bits per heavy atom. The minimum Gasteiger partial charge on any atom is -0.489 e. The monoisotopic (exact) mass is 356 g/mol. The Kier molecular flexibility index (Phi) is 4.58. The van der Waals surface area contributed by atoms with E-state index in [-0.39, 0.29) is 0 Å². The van der Waals surface area contributed by atoms with Gasteiger partial charge in [-0.25, -0.2) is 0 Å². The molecule has 0 aliphatic carbocycles. The van der Waals surface area contributed by atoms with Crippen molar-refractivity contribution in [2.75, 3.05) is 5.73 Å². The summed E-state index contributed by atoms with van der Waals surface area (Å²) in [6, 6.07) is 20.0. The van der Waals surface area contributed by atoms with Gasteiger partial charge in [0.1, 0.15) is 12.4 Å². The Morgan fingerprint density at radius 1 is 1.00 bits per heavy atom. The van der Waals surface area contributed by atoms with Gasteiger partial charge in [-0.15, -0.1) is 10.2 Å². The largest absolute Gasteiger partial charge is 0.489 e. The number of fused-ring (bicyclic) bond motifs is 1. The van der Waals surface area contributed by atoms with Crippen LogP contribution < -0.4 is 10.5 Å². The molecule has 0 aliphatic rings. The average molecular weight is 356 g/mol. The van der Waals surface area contributed by atoms with E-state index >= 15 is 0 Å². The van der Waals surface area contributed by atoms with Gasteiger partial charge >= 0.3 is 0 Å². The van der Waals surface area contributed by atoms with E-state index in [4.69, 9.17) is 10.5 Å². The van der Waals surface area contributed by atoms with Gasteiger partial charge in [-0.1, -0.05) is 48.5 Å². The Morgan fingerprint density at radius 3 is 2.56 bits per heavy atom. The maximum atomic E-state index is 6.00. The van der Waals surface area contributed by atoms with Crippen LogP contribution in [0.25, 0.3) is 17.8 Å². The molecule has 2 heterocycles. The molecule has 0 aliphatic heterocycles. The first-order valence-corrected chi connectivity index (χ1v) is 8.75. The van der Waals surface area contributed by atoms with Crippen molar-refractivity contribution in [3.05, 3.63) is 89.4 Å². The van der Waals surface area contributed by atoms with Crippen molar-refractivity contribution in [3.63, 3.8) is 0 Å². The van der Waals surface area contributed by atoms with Crippen molar-refractivity contribution in [1.29, 1.82) is 0 Å². The van der Waals surface area contributed by atoms with E-state index in [0.29, 0.717) is 17.9 Å². The SMILES string of the molecule is Cc1cc(N)c2nnc(/C=C/c3ccc(OCc4ccccc4)cc3)n2c1. The van der Waals surface area contributed by atoms with E-state index in [2.05, 4.69) is 22.3 Å². The quantitative estimate of drug-likeness (QED) is 0.577. The number of benzene rings is 2. The number of nitrogens with zero attached hydrogens (tertiary/aromatic N) is 3. The molecule has 0 saturated carbocycles. The molecule has 0 spiro atoms. The highest BCUT2D eigenvalue weighted by atomic mass is 16.5. The second-order valence-corrected chi connectivity index (χ2v) is 6.40. The Hall–Kier alpha value is -3.60. The lowest BCUT2D eigenvalue weighted by atomic mass is 10.2. The fourth-order valence-electron chi connectivity index (χ4n) is 2.88. The highest BCUT2D eigenvalue weighted by molar-refractivity contribution is 5.71. The second kappa shape index (κ2) is 7.33. The van der Waals surface area contributed by atoms with E-state index in [9.17, 15) is 0 Å².